The van der Waals surface area contributed by atoms with Crippen LogP contribution in [0.25, 0.3) is 0 Å². The number of benzene rings is 1. The molecule has 2 aliphatic heterocycles. The molecule has 0 aromatic heterocycles. The summed E-state index contributed by atoms with van der Waals surface area (Å²) >= 11 is 11.4. The van der Waals surface area contributed by atoms with Crippen LogP contribution in [-0.4, -0.2) is 48.6 Å². The number of thiocarbonyl (C=S) groups is 1. The van der Waals surface area contributed by atoms with E-state index in [4.69, 9.17) is 23.8 Å². The zero-order valence-corrected chi connectivity index (χ0v) is 13.4. The van der Waals surface area contributed by atoms with E-state index in [2.05, 4.69) is 0 Å². The third kappa shape index (κ3) is 2.19. The quantitative estimate of drug-likeness (QED) is 0.775. The van der Waals surface area contributed by atoms with Gasteiger partial charge in [-0.15, -0.1) is 0 Å². The van der Waals surface area contributed by atoms with E-state index >= 15 is 0 Å². The van der Waals surface area contributed by atoms with Crippen LogP contribution in [0.5, 0.6) is 0 Å². The number of likely N-dealkylation sites (N-methyl/N-ethyl adjacent to an activating group) is 1. The van der Waals surface area contributed by atoms with E-state index in [0.717, 1.165) is 12.2 Å². The Hall–Kier alpha value is -0.850. The van der Waals surface area contributed by atoms with Gasteiger partial charge in [-0.25, -0.2) is 8.42 Å². The molecular formula is C13H15ClN2O2S2. The molecule has 0 N–H and O–H groups in total. The molecule has 4 nitrogen and oxygen atoms in total. The minimum absolute atomic E-state index is 0.0341. The number of fused-ring (bicyclic) bond motifs is 1. The Morgan fingerprint density at radius 3 is 2.45 bits per heavy atom. The van der Waals surface area contributed by atoms with Gasteiger partial charge in [0, 0.05) is 17.3 Å². The Bertz CT molecular complexity index is 645. The van der Waals surface area contributed by atoms with Crippen LogP contribution >= 0.6 is 23.8 Å². The summed E-state index contributed by atoms with van der Waals surface area (Å²) in [5.41, 5.74) is 0.905. The molecule has 0 aliphatic carbocycles. The standard InChI is InChI=1S/C13H15ClN2O2S2/c1-2-15-11-7-20(17,18)8-12(11)16(13(15)19)10-5-3-9(14)4-6-10/h3-6,11-12H,2,7-8H2,1H3/t11-,12-/m0/s1. The molecule has 2 heterocycles. The summed E-state index contributed by atoms with van der Waals surface area (Å²) in [6.07, 6.45) is 0. The highest BCUT2D eigenvalue weighted by Crippen LogP contribution is 2.35. The minimum Gasteiger partial charge on any atom is -0.343 e. The Morgan fingerprint density at radius 2 is 1.85 bits per heavy atom. The molecule has 0 bridgehead atoms. The van der Waals surface area contributed by atoms with Crippen molar-refractivity contribution in [1.29, 1.82) is 0 Å². The zero-order valence-electron chi connectivity index (χ0n) is 11.0. The fourth-order valence-corrected chi connectivity index (χ4v) is 5.63. The van der Waals surface area contributed by atoms with Crippen molar-refractivity contribution in [2.45, 2.75) is 19.0 Å². The molecule has 0 spiro atoms. The topological polar surface area (TPSA) is 40.6 Å². The third-order valence-electron chi connectivity index (χ3n) is 3.92. The van der Waals surface area contributed by atoms with Gasteiger partial charge in [-0.2, -0.15) is 0 Å². The van der Waals surface area contributed by atoms with E-state index in [1.54, 1.807) is 12.1 Å². The van der Waals surface area contributed by atoms with E-state index < -0.39 is 9.84 Å². The molecule has 0 radical (unpaired) electrons. The van der Waals surface area contributed by atoms with Crippen LogP contribution in [-0.2, 0) is 9.84 Å². The molecule has 2 saturated heterocycles. The number of nitrogens with zero attached hydrogens (tertiary/aromatic N) is 2. The average molecular weight is 331 g/mol. The van der Waals surface area contributed by atoms with Gasteiger partial charge in [0.2, 0.25) is 0 Å². The number of halogens is 1. The molecule has 1 aromatic rings. The molecule has 7 heteroatoms. The number of sulfone groups is 1. The second kappa shape index (κ2) is 4.86. The molecule has 2 aliphatic rings. The average Bonchev–Trinajstić information content (AvgIpc) is 2.80. The molecule has 2 fully saturated rings. The van der Waals surface area contributed by atoms with Crippen molar-refractivity contribution in [2.75, 3.05) is 23.0 Å². The normalized spacial score (nSPS) is 28.0. The molecule has 108 valence electrons. The Labute approximate surface area is 129 Å². The summed E-state index contributed by atoms with van der Waals surface area (Å²) in [5.74, 6) is 0.354. The smallest absolute Gasteiger partial charge is 0.176 e. The molecule has 1 aromatic carbocycles. The zero-order chi connectivity index (χ0) is 14.5. The Balaban J connectivity index is 2.01. The summed E-state index contributed by atoms with van der Waals surface area (Å²) < 4.78 is 23.9. The van der Waals surface area contributed by atoms with Crippen molar-refractivity contribution in [3.63, 3.8) is 0 Å². The van der Waals surface area contributed by atoms with Gasteiger partial charge >= 0.3 is 0 Å². The van der Waals surface area contributed by atoms with Crippen molar-refractivity contribution in [3.05, 3.63) is 29.3 Å². The van der Waals surface area contributed by atoms with Crippen molar-refractivity contribution in [2.24, 2.45) is 0 Å². The summed E-state index contributed by atoms with van der Waals surface area (Å²) in [6, 6.07) is 7.24. The summed E-state index contributed by atoms with van der Waals surface area (Å²) in [7, 11) is -2.99. The Morgan fingerprint density at radius 1 is 1.25 bits per heavy atom. The van der Waals surface area contributed by atoms with Crippen molar-refractivity contribution >= 4 is 44.5 Å². The number of anilines is 1. The van der Waals surface area contributed by atoms with Gasteiger partial charge in [0.15, 0.2) is 14.9 Å². The van der Waals surface area contributed by atoms with Crippen molar-refractivity contribution in [1.82, 2.24) is 4.90 Å². The van der Waals surface area contributed by atoms with Gasteiger partial charge in [0.05, 0.1) is 23.6 Å². The second-order valence-corrected chi connectivity index (χ2v) is 8.08. The monoisotopic (exact) mass is 330 g/mol. The first-order valence-electron chi connectivity index (χ1n) is 6.49. The fraction of sp³-hybridized carbons (Fsp3) is 0.462. The van der Waals surface area contributed by atoms with Crippen LogP contribution in [0.3, 0.4) is 0 Å². The fourth-order valence-electron chi connectivity index (χ4n) is 3.05. The van der Waals surface area contributed by atoms with Gasteiger partial charge < -0.3 is 9.80 Å². The van der Waals surface area contributed by atoms with Crippen LogP contribution < -0.4 is 4.90 Å². The van der Waals surface area contributed by atoms with E-state index in [-0.39, 0.29) is 23.6 Å². The first-order chi connectivity index (χ1) is 9.43. The van der Waals surface area contributed by atoms with Crippen molar-refractivity contribution < 1.29 is 8.42 Å². The molecular weight excluding hydrogens is 316 g/mol. The number of hydrogen-bond acceptors (Lipinski definition) is 3. The first kappa shape index (κ1) is 14.1. The third-order valence-corrected chi connectivity index (χ3v) is 6.30. The molecule has 2 atom stereocenters. The van der Waals surface area contributed by atoms with Crippen LogP contribution in [0.4, 0.5) is 5.69 Å². The number of rotatable bonds is 2. The van der Waals surface area contributed by atoms with E-state index in [1.807, 2.05) is 28.9 Å². The molecule has 0 saturated carbocycles. The highest BCUT2D eigenvalue weighted by Gasteiger charge is 2.51. The molecule has 0 unspecified atom stereocenters. The molecule has 20 heavy (non-hydrogen) atoms. The maximum Gasteiger partial charge on any atom is 0.176 e. The Kier molecular flexibility index (Phi) is 3.43. The van der Waals surface area contributed by atoms with Crippen LogP contribution in [0, 0.1) is 0 Å². The largest absolute Gasteiger partial charge is 0.343 e. The second-order valence-electron chi connectivity index (χ2n) is 5.13. The predicted molar refractivity (Wildman–Crippen MR) is 85.1 cm³/mol. The van der Waals surface area contributed by atoms with E-state index in [9.17, 15) is 8.42 Å². The first-order valence-corrected chi connectivity index (χ1v) is 9.09. The highest BCUT2D eigenvalue weighted by molar-refractivity contribution is 7.91. The SMILES string of the molecule is CCN1C(=S)N(c2ccc(Cl)cc2)[C@H]2CS(=O)(=O)C[C@@H]21. The predicted octanol–water partition coefficient (Wildman–Crippen LogP) is 1.93. The van der Waals surface area contributed by atoms with Gasteiger partial charge in [-0.3, -0.25) is 0 Å². The van der Waals surface area contributed by atoms with E-state index in [1.165, 1.54) is 0 Å². The minimum atomic E-state index is -2.99. The van der Waals surface area contributed by atoms with Crippen LogP contribution in [0.15, 0.2) is 24.3 Å². The van der Waals surface area contributed by atoms with E-state index in [0.29, 0.717) is 10.1 Å². The highest BCUT2D eigenvalue weighted by atomic mass is 35.5. The summed E-state index contributed by atoms with van der Waals surface area (Å²) in [4.78, 5) is 3.98. The van der Waals surface area contributed by atoms with Crippen LogP contribution in [0.1, 0.15) is 6.92 Å². The summed E-state index contributed by atoms with van der Waals surface area (Å²) in [6.45, 7) is 2.72. The van der Waals surface area contributed by atoms with Gasteiger partial charge in [-0.05, 0) is 43.4 Å². The lowest BCUT2D eigenvalue weighted by atomic mass is 10.1. The van der Waals surface area contributed by atoms with Crippen molar-refractivity contribution in [3.8, 4) is 0 Å². The summed E-state index contributed by atoms with van der Waals surface area (Å²) in [5, 5.41) is 1.36. The number of hydrogen-bond donors (Lipinski definition) is 0. The van der Waals surface area contributed by atoms with Gasteiger partial charge in [-0.1, -0.05) is 11.6 Å². The van der Waals surface area contributed by atoms with Crippen LogP contribution in [0.2, 0.25) is 5.02 Å². The maximum atomic E-state index is 11.9. The lowest BCUT2D eigenvalue weighted by molar-refractivity contribution is 0.373. The molecule has 3 rings (SSSR count). The van der Waals surface area contributed by atoms with Gasteiger partial charge in [0.25, 0.3) is 0 Å². The maximum absolute atomic E-state index is 11.9. The lowest BCUT2D eigenvalue weighted by Crippen LogP contribution is -2.37. The van der Waals surface area contributed by atoms with Gasteiger partial charge in [0.1, 0.15) is 0 Å². The lowest BCUT2D eigenvalue weighted by Gasteiger charge is -2.24. The molecule has 0 amide bonds.